The fourth-order valence-corrected chi connectivity index (χ4v) is 5.72. The van der Waals surface area contributed by atoms with Crippen LogP contribution in [0.3, 0.4) is 0 Å². The second-order valence-corrected chi connectivity index (χ2v) is 10.9. The number of carboxylic acid groups (broad SMARTS) is 4. The first kappa shape index (κ1) is 30.0. The molecule has 0 saturated heterocycles. The SMILES string of the molecule is CC1=C(CC(=O)O)c2cc3nc(cc4[nH]c(cc5[nH]c(cc1n2)c(CC(=O)O)c5C)c(CC(=O)O)c4C)C(CC(=O)O)=C3C. The van der Waals surface area contributed by atoms with Crippen LogP contribution in [0.4, 0.5) is 0 Å². The lowest BCUT2D eigenvalue weighted by Gasteiger charge is -2.02. The summed E-state index contributed by atoms with van der Waals surface area (Å²) in [6.45, 7) is 7.00. The zero-order chi connectivity index (χ0) is 32.0. The van der Waals surface area contributed by atoms with Crippen molar-refractivity contribution in [3.05, 3.63) is 69.3 Å². The van der Waals surface area contributed by atoms with Crippen molar-refractivity contribution in [2.45, 2.75) is 53.4 Å². The first-order valence-corrected chi connectivity index (χ1v) is 13.7. The minimum absolute atomic E-state index is 0.289. The zero-order valence-electron chi connectivity index (χ0n) is 24.5. The highest BCUT2D eigenvalue weighted by molar-refractivity contribution is 6.01. The third kappa shape index (κ3) is 5.61. The summed E-state index contributed by atoms with van der Waals surface area (Å²) in [5.41, 5.74) is 8.04. The molecule has 2 aliphatic rings. The predicted molar refractivity (Wildman–Crippen MR) is 163 cm³/mol. The first-order chi connectivity index (χ1) is 20.7. The Bertz CT molecular complexity index is 2030. The van der Waals surface area contributed by atoms with Gasteiger partial charge in [0.05, 0.1) is 48.5 Å². The highest BCUT2D eigenvalue weighted by Crippen LogP contribution is 2.37. The van der Waals surface area contributed by atoms with Crippen molar-refractivity contribution in [1.82, 2.24) is 19.9 Å². The summed E-state index contributed by atoms with van der Waals surface area (Å²) in [6.07, 6.45) is -1.22. The van der Waals surface area contributed by atoms with Gasteiger partial charge in [-0.2, -0.15) is 0 Å². The van der Waals surface area contributed by atoms with E-state index in [9.17, 15) is 39.6 Å². The van der Waals surface area contributed by atoms with Crippen molar-refractivity contribution in [2.24, 2.45) is 0 Å². The lowest BCUT2D eigenvalue weighted by atomic mass is 10.0. The van der Waals surface area contributed by atoms with Crippen LogP contribution in [-0.2, 0) is 32.0 Å². The van der Waals surface area contributed by atoms with Gasteiger partial charge in [0.2, 0.25) is 0 Å². The fraction of sp³-hybridized carbons (Fsp3) is 0.250. The van der Waals surface area contributed by atoms with Gasteiger partial charge in [-0.3, -0.25) is 19.2 Å². The fourth-order valence-electron chi connectivity index (χ4n) is 5.72. The number of allylic oxidation sites excluding steroid dienone is 2. The third-order valence-electron chi connectivity index (χ3n) is 8.11. The summed E-state index contributed by atoms with van der Waals surface area (Å²) < 4.78 is 0. The lowest BCUT2D eigenvalue weighted by Crippen LogP contribution is -2.00. The molecule has 5 rings (SSSR count). The van der Waals surface area contributed by atoms with Gasteiger partial charge < -0.3 is 30.4 Å². The number of carboxylic acids is 4. The van der Waals surface area contributed by atoms with Gasteiger partial charge in [-0.05, 0) is 96.5 Å². The molecule has 12 heteroatoms. The Balaban J connectivity index is 1.99. The van der Waals surface area contributed by atoms with Gasteiger partial charge in [0.1, 0.15) is 0 Å². The average Bonchev–Trinajstić information content (AvgIpc) is 3.56. The summed E-state index contributed by atoms with van der Waals surface area (Å²) in [5.74, 6) is -4.21. The van der Waals surface area contributed by atoms with Crippen LogP contribution in [0.5, 0.6) is 0 Å². The summed E-state index contributed by atoms with van der Waals surface area (Å²) in [7, 11) is 0. The van der Waals surface area contributed by atoms with Gasteiger partial charge >= 0.3 is 23.9 Å². The van der Waals surface area contributed by atoms with E-state index in [1.165, 1.54) is 0 Å². The van der Waals surface area contributed by atoms with E-state index in [0.29, 0.717) is 89.4 Å². The normalized spacial score (nSPS) is 13.0. The second kappa shape index (κ2) is 11.3. The van der Waals surface area contributed by atoms with E-state index < -0.39 is 23.9 Å². The van der Waals surface area contributed by atoms with Crippen LogP contribution >= 0.6 is 0 Å². The Morgan fingerprint density at radius 2 is 0.886 bits per heavy atom. The van der Waals surface area contributed by atoms with Crippen LogP contribution < -0.4 is 0 Å². The molecule has 0 fully saturated rings. The number of hydrogen-bond acceptors (Lipinski definition) is 6. The van der Waals surface area contributed by atoms with E-state index in [1.54, 1.807) is 52.0 Å². The number of aryl methyl sites for hydroxylation is 2. The Labute approximate surface area is 250 Å². The van der Waals surface area contributed by atoms with E-state index in [2.05, 4.69) is 9.97 Å². The molecule has 3 aromatic rings. The van der Waals surface area contributed by atoms with Crippen molar-refractivity contribution in [1.29, 1.82) is 0 Å². The summed E-state index contributed by atoms with van der Waals surface area (Å²) in [4.78, 5) is 63.3. The molecule has 12 nitrogen and oxygen atoms in total. The number of rotatable bonds is 8. The topological polar surface area (TPSA) is 207 Å². The standard InChI is InChI=1S/C32H30N4O8/c1-13-17(5-29(37)38)25-10-22-15(3)19(7-31(41)42)27(35-22)12-24-16(4)20(8-32(43)44)28(36-24)11-23-14(2)18(6-30(39)40)26(34-23)9-21(13)33-25/h9-12,33-34H,5-8H2,1-4H3,(H,37,38)(H,39,40)(H,41,42)(H,43,44). The molecular weight excluding hydrogens is 568 g/mol. The molecule has 0 aromatic carbocycles. The number of aromatic nitrogens is 4. The molecule has 0 spiro atoms. The van der Waals surface area contributed by atoms with Crippen molar-refractivity contribution < 1.29 is 39.6 Å². The van der Waals surface area contributed by atoms with Crippen LogP contribution in [0.25, 0.3) is 44.4 Å². The molecule has 6 N–H and O–H groups in total. The van der Waals surface area contributed by atoms with Crippen LogP contribution in [0.15, 0.2) is 24.3 Å². The van der Waals surface area contributed by atoms with Gasteiger partial charge in [0.15, 0.2) is 0 Å². The molecule has 0 unspecified atom stereocenters. The molecule has 5 heterocycles. The highest BCUT2D eigenvalue weighted by Gasteiger charge is 2.24. The monoisotopic (exact) mass is 598 g/mol. The van der Waals surface area contributed by atoms with Gasteiger partial charge in [-0.25, -0.2) is 9.97 Å². The minimum atomic E-state index is -1.06. The van der Waals surface area contributed by atoms with E-state index in [4.69, 9.17) is 9.97 Å². The highest BCUT2D eigenvalue weighted by atomic mass is 16.4. The quantitative estimate of drug-likeness (QED) is 0.205. The number of H-pyrrole nitrogens is 2. The molecular formula is C32H30N4O8. The van der Waals surface area contributed by atoms with Gasteiger partial charge in [0.25, 0.3) is 0 Å². The molecule has 0 saturated carbocycles. The number of hydrogen-bond donors (Lipinski definition) is 6. The third-order valence-corrected chi connectivity index (χ3v) is 8.11. The molecule has 3 aromatic heterocycles. The van der Waals surface area contributed by atoms with Crippen molar-refractivity contribution in [3.63, 3.8) is 0 Å². The van der Waals surface area contributed by atoms with Gasteiger partial charge in [-0.1, -0.05) is 0 Å². The molecule has 0 aliphatic carbocycles. The van der Waals surface area contributed by atoms with E-state index in [1.807, 2.05) is 0 Å². The average molecular weight is 599 g/mol. The molecule has 226 valence electrons. The van der Waals surface area contributed by atoms with E-state index in [-0.39, 0.29) is 25.7 Å². The van der Waals surface area contributed by atoms with Crippen LogP contribution in [0, 0.1) is 13.8 Å². The molecule has 2 aliphatic heterocycles. The first-order valence-electron chi connectivity index (χ1n) is 13.7. The maximum Gasteiger partial charge on any atom is 0.307 e. The van der Waals surface area contributed by atoms with Crippen LogP contribution in [0.2, 0.25) is 0 Å². The number of fused-ring (bicyclic) bond motifs is 8. The van der Waals surface area contributed by atoms with Gasteiger partial charge in [0, 0.05) is 22.1 Å². The molecule has 44 heavy (non-hydrogen) atoms. The van der Waals surface area contributed by atoms with Crippen LogP contribution in [-0.4, -0.2) is 64.2 Å². The molecule has 0 amide bonds. The smallest absolute Gasteiger partial charge is 0.307 e. The number of nitrogens with zero attached hydrogens (tertiary/aromatic N) is 2. The summed E-state index contributed by atoms with van der Waals surface area (Å²) in [5, 5.41) is 38.7. The van der Waals surface area contributed by atoms with Crippen LogP contribution in [0.1, 0.15) is 71.7 Å². The lowest BCUT2D eigenvalue weighted by molar-refractivity contribution is -0.137. The predicted octanol–water partition coefficient (Wildman–Crippen LogP) is 5.00. The Morgan fingerprint density at radius 1 is 0.523 bits per heavy atom. The minimum Gasteiger partial charge on any atom is -0.481 e. The Kier molecular flexibility index (Phi) is 7.68. The number of carbonyl (C=O) groups is 4. The summed E-state index contributed by atoms with van der Waals surface area (Å²) >= 11 is 0. The number of aromatic amines is 2. The zero-order valence-corrected chi connectivity index (χ0v) is 24.5. The maximum atomic E-state index is 11.8. The van der Waals surface area contributed by atoms with E-state index in [0.717, 1.165) is 0 Å². The maximum absolute atomic E-state index is 11.8. The Morgan fingerprint density at radius 3 is 1.34 bits per heavy atom. The molecule has 8 bridgehead atoms. The van der Waals surface area contributed by atoms with Crippen molar-refractivity contribution in [3.8, 4) is 0 Å². The van der Waals surface area contributed by atoms with Crippen molar-refractivity contribution >= 4 is 68.2 Å². The summed E-state index contributed by atoms with van der Waals surface area (Å²) in [6, 6.07) is 6.71. The Hall–Kier alpha value is -5.52. The number of aliphatic carboxylic acids is 4. The number of nitrogens with one attached hydrogen (secondary N) is 2. The largest absolute Gasteiger partial charge is 0.481 e. The molecule has 0 radical (unpaired) electrons. The second-order valence-electron chi connectivity index (χ2n) is 10.9. The van der Waals surface area contributed by atoms with Crippen molar-refractivity contribution in [2.75, 3.05) is 0 Å². The van der Waals surface area contributed by atoms with E-state index >= 15 is 0 Å². The molecule has 0 atom stereocenters. The van der Waals surface area contributed by atoms with Gasteiger partial charge in [-0.15, -0.1) is 0 Å².